The highest BCUT2D eigenvalue weighted by Gasteiger charge is 2.49. The van der Waals surface area contributed by atoms with Gasteiger partial charge in [-0.25, -0.2) is 12.8 Å². The molecule has 0 spiro atoms. The third-order valence-corrected chi connectivity index (χ3v) is 10.5. The Morgan fingerprint density at radius 2 is 1.44 bits per heavy atom. The van der Waals surface area contributed by atoms with Gasteiger partial charge < -0.3 is 20.6 Å². The van der Waals surface area contributed by atoms with Crippen LogP contribution in [0.15, 0.2) is 103 Å². The van der Waals surface area contributed by atoms with Crippen LogP contribution in [0.4, 0.5) is 10.1 Å². The highest BCUT2D eigenvalue weighted by atomic mass is 32.2. The van der Waals surface area contributed by atoms with Crippen molar-refractivity contribution < 1.29 is 32.3 Å². The molecule has 0 radical (unpaired) electrons. The number of benzene rings is 4. The minimum atomic E-state index is -3.80. The van der Waals surface area contributed by atoms with Crippen LogP contribution in [0.3, 0.4) is 0 Å². The van der Waals surface area contributed by atoms with Crippen molar-refractivity contribution in [3.8, 4) is 0 Å². The van der Waals surface area contributed by atoms with Gasteiger partial charge in [-0.2, -0.15) is 0 Å². The molecule has 4 aromatic rings. The molecule has 1 fully saturated rings. The molecular formula is C39H44FN5O6S. The SMILES string of the molecule is C[C@@H](NC(=O)c1cc(C(=O)N[C@@H](Cc2ccccc2)[C@H](O)[C@@H]2NC(C)(C)N(Cc3ccccc3)C2=O)cc(N(C)S(C)(=O)=O)c1)c1ccc(F)cc1. The van der Waals surface area contributed by atoms with E-state index in [2.05, 4.69) is 16.0 Å². The van der Waals surface area contributed by atoms with Gasteiger partial charge in [0.1, 0.15) is 11.9 Å². The van der Waals surface area contributed by atoms with Crippen molar-refractivity contribution in [3.63, 3.8) is 0 Å². The largest absolute Gasteiger partial charge is 0.389 e. The molecular weight excluding hydrogens is 686 g/mol. The molecule has 52 heavy (non-hydrogen) atoms. The van der Waals surface area contributed by atoms with Gasteiger partial charge >= 0.3 is 0 Å². The summed E-state index contributed by atoms with van der Waals surface area (Å²) in [7, 11) is -2.50. The van der Waals surface area contributed by atoms with Gasteiger partial charge in [0.05, 0.1) is 35.8 Å². The molecule has 4 atom stereocenters. The molecule has 13 heteroatoms. The first kappa shape index (κ1) is 38.1. The summed E-state index contributed by atoms with van der Waals surface area (Å²) < 4.78 is 39.5. The fourth-order valence-corrected chi connectivity index (χ4v) is 6.70. The molecule has 1 aliphatic heterocycles. The minimum Gasteiger partial charge on any atom is -0.389 e. The van der Waals surface area contributed by atoms with Gasteiger partial charge in [0, 0.05) is 24.7 Å². The molecule has 274 valence electrons. The predicted molar refractivity (Wildman–Crippen MR) is 197 cm³/mol. The van der Waals surface area contributed by atoms with Crippen molar-refractivity contribution in [2.75, 3.05) is 17.6 Å². The predicted octanol–water partition coefficient (Wildman–Crippen LogP) is 4.15. The molecule has 4 N–H and O–H groups in total. The van der Waals surface area contributed by atoms with Crippen LogP contribution in [0.2, 0.25) is 0 Å². The summed E-state index contributed by atoms with van der Waals surface area (Å²) in [4.78, 5) is 43.1. The maximum atomic E-state index is 14.1. The molecule has 0 aromatic heterocycles. The molecule has 5 rings (SSSR count). The summed E-state index contributed by atoms with van der Waals surface area (Å²) in [5.41, 5.74) is 1.53. The Balaban J connectivity index is 1.45. The van der Waals surface area contributed by atoms with E-state index in [0.717, 1.165) is 21.7 Å². The topological polar surface area (TPSA) is 148 Å². The zero-order chi connectivity index (χ0) is 37.8. The van der Waals surface area contributed by atoms with E-state index < -0.39 is 57.5 Å². The van der Waals surface area contributed by atoms with E-state index in [9.17, 15) is 32.3 Å². The van der Waals surface area contributed by atoms with Crippen molar-refractivity contribution in [2.45, 2.75) is 63.6 Å². The Morgan fingerprint density at radius 3 is 2.00 bits per heavy atom. The number of aliphatic hydroxyl groups excluding tert-OH is 1. The van der Waals surface area contributed by atoms with E-state index in [1.807, 2.05) is 74.5 Å². The fourth-order valence-electron chi connectivity index (χ4n) is 6.21. The van der Waals surface area contributed by atoms with E-state index >= 15 is 0 Å². The second-order valence-electron chi connectivity index (χ2n) is 13.6. The smallest absolute Gasteiger partial charge is 0.251 e. The zero-order valence-corrected chi connectivity index (χ0v) is 30.5. The van der Waals surface area contributed by atoms with Gasteiger partial charge in [-0.3, -0.25) is 24.0 Å². The number of nitrogens with zero attached hydrogens (tertiary/aromatic N) is 2. The molecule has 1 heterocycles. The van der Waals surface area contributed by atoms with E-state index in [1.165, 1.54) is 49.5 Å². The number of rotatable bonds is 13. The number of amides is 3. The lowest BCUT2D eigenvalue weighted by Crippen LogP contribution is -2.55. The summed E-state index contributed by atoms with van der Waals surface area (Å²) in [5.74, 6) is -2.06. The third kappa shape index (κ3) is 9.02. The lowest BCUT2D eigenvalue weighted by atomic mass is 9.95. The lowest BCUT2D eigenvalue weighted by Gasteiger charge is -2.31. The van der Waals surface area contributed by atoms with E-state index in [0.29, 0.717) is 12.1 Å². The molecule has 1 saturated heterocycles. The van der Waals surface area contributed by atoms with Crippen molar-refractivity contribution in [3.05, 3.63) is 137 Å². The number of carbonyl (C=O) groups is 3. The zero-order valence-electron chi connectivity index (χ0n) is 29.7. The van der Waals surface area contributed by atoms with E-state index in [4.69, 9.17) is 0 Å². The Bertz CT molecular complexity index is 2010. The van der Waals surface area contributed by atoms with Crippen LogP contribution in [-0.2, 0) is 27.8 Å². The van der Waals surface area contributed by atoms with Gasteiger partial charge in [-0.15, -0.1) is 0 Å². The number of sulfonamides is 1. The Labute approximate surface area is 303 Å². The van der Waals surface area contributed by atoms with E-state index in [-0.39, 0.29) is 29.1 Å². The molecule has 1 aliphatic rings. The number of hydrogen-bond acceptors (Lipinski definition) is 7. The number of hydrogen-bond donors (Lipinski definition) is 4. The molecule has 0 saturated carbocycles. The van der Waals surface area contributed by atoms with Crippen LogP contribution in [0.5, 0.6) is 0 Å². The van der Waals surface area contributed by atoms with E-state index in [1.54, 1.807) is 11.8 Å². The van der Waals surface area contributed by atoms with Crippen LogP contribution >= 0.6 is 0 Å². The average molecular weight is 730 g/mol. The molecule has 0 aliphatic carbocycles. The number of nitrogens with one attached hydrogen (secondary N) is 3. The van der Waals surface area contributed by atoms with Crippen LogP contribution in [0, 0.1) is 5.82 Å². The number of aliphatic hydroxyl groups is 1. The fraction of sp³-hybridized carbons (Fsp3) is 0.308. The summed E-state index contributed by atoms with van der Waals surface area (Å²) in [6.07, 6.45) is -0.238. The molecule has 0 unspecified atom stereocenters. The minimum absolute atomic E-state index is 0.00166. The molecule has 3 amide bonds. The number of carbonyl (C=O) groups excluding carboxylic acids is 3. The summed E-state index contributed by atoms with van der Waals surface area (Å²) in [6.45, 7) is 5.71. The summed E-state index contributed by atoms with van der Waals surface area (Å²) in [5, 5.41) is 20.8. The average Bonchev–Trinajstić information content (AvgIpc) is 3.34. The Morgan fingerprint density at radius 1 is 0.904 bits per heavy atom. The Kier molecular flexibility index (Phi) is 11.5. The molecule has 11 nitrogen and oxygen atoms in total. The highest BCUT2D eigenvalue weighted by molar-refractivity contribution is 7.92. The lowest BCUT2D eigenvalue weighted by molar-refractivity contribution is -0.134. The first-order valence-corrected chi connectivity index (χ1v) is 18.7. The van der Waals surface area contributed by atoms with Crippen molar-refractivity contribution in [1.82, 2.24) is 20.9 Å². The summed E-state index contributed by atoms with van der Waals surface area (Å²) in [6, 6.07) is 25.7. The van der Waals surface area contributed by atoms with Crippen LogP contribution in [-0.4, -0.2) is 73.3 Å². The van der Waals surface area contributed by atoms with Crippen molar-refractivity contribution >= 4 is 33.4 Å². The first-order chi connectivity index (χ1) is 24.5. The molecule has 4 aromatic carbocycles. The van der Waals surface area contributed by atoms with Gasteiger partial charge in [0.25, 0.3) is 11.8 Å². The third-order valence-electron chi connectivity index (χ3n) is 9.29. The molecule has 0 bridgehead atoms. The monoisotopic (exact) mass is 729 g/mol. The normalized spacial score (nSPS) is 17.2. The van der Waals surface area contributed by atoms with Crippen molar-refractivity contribution in [2.24, 2.45) is 0 Å². The maximum Gasteiger partial charge on any atom is 0.251 e. The maximum absolute atomic E-state index is 14.1. The van der Waals surface area contributed by atoms with Gasteiger partial charge in [0.2, 0.25) is 15.9 Å². The second kappa shape index (κ2) is 15.6. The van der Waals surface area contributed by atoms with Crippen LogP contribution < -0.4 is 20.3 Å². The summed E-state index contributed by atoms with van der Waals surface area (Å²) >= 11 is 0. The first-order valence-electron chi connectivity index (χ1n) is 16.8. The van der Waals surface area contributed by atoms with Crippen molar-refractivity contribution in [1.29, 1.82) is 0 Å². The second-order valence-corrected chi connectivity index (χ2v) is 15.6. The highest BCUT2D eigenvalue weighted by Crippen LogP contribution is 2.28. The standard InChI is InChI=1S/C39H44FN5O6S/c1-25(28-16-18-31(40)19-17-28)41-36(47)29-21-30(23-32(22-29)44(4)52(5,50)51)37(48)42-33(20-26-12-8-6-9-13-26)35(46)34-38(49)45(39(2,3)43-34)24-27-14-10-7-11-15-27/h6-19,21-23,25,33-35,43,46H,20,24H2,1-5H3,(H,41,47)(H,42,48)/t25-,33+,34+,35+/m1/s1. The van der Waals surface area contributed by atoms with Gasteiger partial charge in [-0.05, 0) is 74.2 Å². The van der Waals surface area contributed by atoms with Crippen LogP contribution in [0.1, 0.15) is 64.2 Å². The van der Waals surface area contributed by atoms with Gasteiger partial charge in [0.15, 0.2) is 0 Å². The Hall–Kier alpha value is -5.11. The number of halogens is 1. The number of anilines is 1. The quantitative estimate of drug-likeness (QED) is 0.162. The van der Waals surface area contributed by atoms with Crippen LogP contribution in [0.25, 0.3) is 0 Å². The van der Waals surface area contributed by atoms with Gasteiger partial charge in [-0.1, -0.05) is 72.8 Å².